The lowest BCUT2D eigenvalue weighted by Gasteiger charge is -2.08. The maximum atomic E-state index is 14.1. The quantitative estimate of drug-likeness (QED) is 0.354. The summed E-state index contributed by atoms with van der Waals surface area (Å²) in [6.45, 7) is 0. The number of nitrogen functional groups attached to an aromatic ring is 1. The molecule has 0 aliphatic rings. The number of H-pyrrole nitrogens is 1. The van der Waals surface area contributed by atoms with Crippen LogP contribution in [0.5, 0.6) is 0 Å². The van der Waals surface area contributed by atoms with Crippen LogP contribution >= 0.6 is 0 Å². The Labute approximate surface area is 146 Å². The Morgan fingerprint density at radius 3 is 2.52 bits per heavy atom. The summed E-state index contributed by atoms with van der Waals surface area (Å²) in [6.07, 6.45) is -3.59. The second-order valence-electron chi connectivity index (χ2n) is 5.74. The summed E-state index contributed by atoms with van der Waals surface area (Å²) >= 11 is 0. The summed E-state index contributed by atoms with van der Waals surface area (Å²) in [5.74, 6) is 1.86. The molecule has 5 nitrogen and oxygen atoms in total. The lowest BCUT2D eigenvalue weighted by Crippen LogP contribution is -2.12. The molecule has 0 fully saturated rings. The van der Waals surface area contributed by atoms with Crippen molar-refractivity contribution in [2.24, 2.45) is 0 Å². The normalized spacial score (nSPS) is 12.2. The van der Waals surface area contributed by atoms with E-state index in [0.717, 1.165) is 10.7 Å². The number of aromatic amines is 1. The van der Waals surface area contributed by atoms with Gasteiger partial charge in [0.25, 0.3) is 0 Å². The molecule has 2 heterocycles. The van der Waals surface area contributed by atoms with Crippen molar-refractivity contribution in [2.75, 3.05) is 11.2 Å². The van der Waals surface area contributed by atoms with Crippen LogP contribution in [0.2, 0.25) is 0 Å². The number of nitrogens with two attached hydrogens (primary N) is 1. The van der Waals surface area contributed by atoms with Gasteiger partial charge in [-0.15, -0.1) is 0 Å². The molecule has 4 N–H and O–H groups in total. The van der Waals surface area contributed by atoms with E-state index in [1.165, 1.54) is 12.3 Å². The zero-order valence-corrected chi connectivity index (χ0v) is 13.1. The molecule has 0 radical (unpaired) electrons. The number of fused-ring (bicyclic) bond motifs is 2. The number of hydrogen-bond acceptors (Lipinski definition) is 3. The Morgan fingerprint density at radius 2 is 1.81 bits per heavy atom. The van der Waals surface area contributed by atoms with E-state index in [4.69, 9.17) is 5.84 Å². The Morgan fingerprint density at radius 1 is 1.07 bits per heavy atom. The molecule has 2 aromatic heterocycles. The second-order valence-corrected chi connectivity index (χ2v) is 5.74. The molecule has 0 atom stereocenters. The molecule has 4 aromatic rings. The SMILES string of the molecule is Nn1c(Nc2c[nH]c3ccc(F)c(F)c23)nc2cc(C(F)(F)F)c(F)cc21. The van der Waals surface area contributed by atoms with Gasteiger partial charge in [0, 0.05) is 12.3 Å². The number of benzene rings is 2. The molecule has 11 heteroatoms. The predicted molar refractivity (Wildman–Crippen MR) is 86.3 cm³/mol. The number of anilines is 2. The van der Waals surface area contributed by atoms with Crippen LogP contribution in [-0.2, 0) is 6.18 Å². The van der Waals surface area contributed by atoms with Crippen molar-refractivity contribution in [1.29, 1.82) is 0 Å². The molecule has 0 unspecified atom stereocenters. The van der Waals surface area contributed by atoms with Crippen molar-refractivity contribution in [3.8, 4) is 0 Å². The first-order valence-corrected chi connectivity index (χ1v) is 7.43. The monoisotopic (exact) mass is 385 g/mol. The van der Waals surface area contributed by atoms with Crippen LogP contribution in [0.1, 0.15) is 5.56 Å². The molecule has 0 amide bonds. The third-order valence-corrected chi connectivity index (χ3v) is 4.07. The van der Waals surface area contributed by atoms with Crippen LogP contribution in [0.25, 0.3) is 21.9 Å². The zero-order valence-electron chi connectivity index (χ0n) is 13.1. The standard InChI is InChI=1S/C16H9F6N5/c17-7-1-2-9-13(14(7)19)11(5-24-9)26-15-25-10-3-6(16(20,21)22)8(18)4-12(10)27(15)23/h1-5,24H,23H2,(H,25,26). The van der Waals surface area contributed by atoms with E-state index in [1.54, 1.807) is 0 Å². The van der Waals surface area contributed by atoms with Gasteiger partial charge in [0.2, 0.25) is 5.95 Å². The van der Waals surface area contributed by atoms with Crippen LogP contribution in [0.15, 0.2) is 30.5 Å². The van der Waals surface area contributed by atoms with Crippen LogP contribution in [0.4, 0.5) is 38.0 Å². The topological polar surface area (TPSA) is 71.7 Å². The Balaban J connectivity index is 1.84. The fourth-order valence-corrected chi connectivity index (χ4v) is 2.80. The van der Waals surface area contributed by atoms with Crippen LogP contribution in [0, 0.1) is 17.5 Å². The van der Waals surface area contributed by atoms with E-state index in [1.807, 2.05) is 0 Å². The van der Waals surface area contributed by atoms with Crippen LogP contribution in [-0.4, -0.2) is 14.6 Å². The number of nitrogens with zero attached hydrogens (tertiary/aromatic N) is 2. The minimum atomic E-state index is -4.90. The number of rotatable bonds is 2. The van der Waals surface area contributed by atoms with E-state index in [-0.39, 0.29) is 33.6 Å². The average Bonchev–Trinajstić information content (AvgIpc) is 3.13. The van der Waals surface area contributed by atoms with Crippen molar-refractivity contribution in [3.63, 3.8) is 0 Å². The van der Waals surface area contributed by atoms with E-state index < -0.39 is 29.2 Å². The largest absolute Gasteiger partial charge is 0.419 e. The van der Waals surface area contributed by atoms with E-state index in [0.29, 0.717) is 12.1 Å². The summed E-state index contributed by atoms with van der Waals surface area (Å²) in [4.78, 5) is 6.60. The van der Waals surface area contributed by atoms with Gasteiger partial charge < -0.3 is 16.1 Å². The molecule has 0 spiro atoms. The van der Waals surface area contributed by atoms with Gasteiger partial charge in [-0.2, -0.15) is 13.2 Å². The van der Waals surface area contributed by atoms with Gasteiger partial charge >= 0.3 is 6.18 Å². The summed E-state index contributed by atoms with van der Waals surface area (Å²) in [7, 11) is 0. The molecule has 0 saturated carbocycles. The Bertz CT molecular complexity index is 1190. The van der Waals surface area contributed by atoms with Crippen molar-refractivity contribution in [2.45, 2.75) is 6.18 Å². The van der Waals surface area contributed by atoms with Crippen molar-refractivity contribution >= 4 is 33.6 Å². The second kappa shape index (κ2) is 5.56. The fraction of sp³-hybridized carbons (Fsp3) is 0.0625. The Kier molecular flexibility index (Phi) is 3.52. The van der Waals surface area contributed by atoms with Crippen molar-refractivity contribution < 1.29 is 26.3 Å². The highest BCUT2D eigenvalue weighted by atomic mass is 19.4. The summed E-state index contributed by atoms with van der Waals surface area (Å²) in [6, 6.07) is 3.38. The molecule has 0 aliphatic heterocycles. The number of imidazole rings is 1. The minimum Gasteiger partial charge on any atom is -0.359 e. The maximum Gasteiger partial charge on any atom is 0.419 e. The first-order chi connectivity index (χ1) is 12.7. The number of halogens is 6. The summed E-state index contributed by atoms with van der Waals surface area (Å²) < 4.78 is 80.6. The lowest BCUT2D eigenvalue weighted by molar-refractivity contribution is -0.139. The fourth-order valence-electron chi connectivity index (χ4n) is 2.80. The lowest BCUT2D eigenvalue weighted by atomic mass is 10.2. The number of hydrogen-bond donors (Lipinski definition) is 3. The maximum absolute atomic E-state index is 14.1. The first-order valence-electron chi connectivity index (χ1n) is 7.43. The first kappa shape index (κ1) is 17.1. The molecule has 4 rings (SSSR count). The molecular formula is C16H9F6N5. The smallest absolute Gasteiger partial charge is 0.359 e. The predicted octanol–water partition coefficient (Wildman–Crippen LogP) is 4.41. The molecule has 2 aromatic carbocycles. The molecule has 0 saturated heterocycles. The summed E-state index contributed by atoms with van der Waals surface area (Å²) in [5, 5.41) is 2.49. The number of nitrogens with one attached hydrogen (secondary N) is 2. The molecule has 27 heavy (non-hydrogen) atoms. The zero-order chi connectivity index (χ0) is 19.5. The van der Waals surface area contributed by atoms with Gasteiger partial charge in [-0.3, -0.25) is 0 Å². The van der Waals surface area contributed by atoms with Crippen molar-refractivity contribution in [3.05, 3.63) is 53.5 Å². The molecular weight excluding hydrogens is 376 g/mol. The highest BCUT2D eigenvalue weighted by Gasteiger charge is 2.35. The van der Waals surface area contributed by atoms with Gasteiger partial charge in [0.1, 0.15) is 5.82 Å². The summed E-state index contributed by atoms with van der Waals surface area (Å²) in [5.41, 5.74) is -1.49. The van der Waals surface area contributed by atoms with Gasteiger partial charge in [-0.05, 0) is 18.2 Å². The highest BCUT2D eigenvalue weighted by Crippen LogP contribution is 2.35. The third-order valence-electron chi connectivity index (χ3n) is 4.07. The highest BCUT2D eigenvalue weighted by molar-refractivity contribution is 5.95. The van der Waals surface area contributed by atoms with E-state index >= 15 is 0 Å². The van der Waals surface area contributed by atoms with Gasteiger partial charge in [0.15, 0.2) is 11.6 Å². The molecule has 140 valence electrons. The number of alkyl halides is 3. The molecule has 0 bridgehead atoms. The Hall–Kier alpha value is -3.37. The van der Waals surface area contributed by atoms with Gasteiger partial charge in [-0.25, -0.2) is 22.8 Å². The average molecular weight is 385 g/mol. The van der Waals surface area contributed by atoms with Crippen LogP contribution in [0.3, 0.4) is 0 Å². The molecule has 0 aliphatic carbocycles. The van der Waals surface area contributed by atoms with E-state index in [9.17, 15) is 26.3 Å². The van der Waals surface area contributed by atoms with E-state index in [2.05, 4.69) is 15.3 Å². The number of aromatic nitrogens is 3. The van der Waals surface area contributed by atoms with Gasteiger partial charge in [0.05, 0.1) is 33.2 Å². The minimum absolute atomic E-state index is 0.0560. The van der Waals surface area contributed by atoms with Crippen molar-refractivity contribution in [1.82, 2.24) is 14.6 Å². The van der Waals surface area contributed by atoms with Gasteiger partial charge in [-0.1, -0.05) is 0 Å². The van der Waals surface area contributed by atoms with Crippen LogP contribution < -0.4 is 11.2 Å². The third kappa shape index (κ3) is 2.62.